The molecule has 7 heteroatoms. The maximum atomic E-state index is 13.3. The number of hydrogen-bond donors (Lipinski definition) is 2. The molecule has 0 saturated heterocycles. The van der Waals surface area contributed by atoms with E-state index in [-0.39, 0.29) is 30.3 Å². The Morgan fingerprint density at radius 1 is 1.03 bits per heavy atom. The van der Waals surface area contributed by atoms with Crippen LogP contribution in [0.1, 0.15) is 50.8 Å². The van der Waals surface area contributed by atoms with E-state index in [9.17, 15) is 14.4 Å². The Kier molecular flexibility index (Phi) is 6.96. The lowest BCUT2D eigenvalue weighted by atomic mass is 9.99. The van der Waals surface area contributed by atoms with Gasteiger partial charge >= 0.3 is 0 Å². The first-order valence-corrected chi connectivity index (χ1v) is 11.3. The summed E-state index contributed by atoms with van der Waals surface area (Å²) in [5.74, 6) is 0.250. The zero-order valence-electron chi connectivity index (χ0n) is 19.7. The maximum Gasteiger partial charge on any atom is 0.257 e. The van der Waals surface area contributed by atoms with Gasteiger partial charge in [-0.25, -0.2) is 0 Å². The van der Waals surface area contributed by atoms with Gasteiger partial charge in [-0.2, -0.15) is 0 Å². The molecule has 0 aliphatic rings. The lowest BCUT2D eigenvalue weighted by molar-refractivity contribution is 0.0938. The molecular formula is C28H27N3O4. The van der Waals surface area contributed by atoms with Crippen LogP contribution in [0.15, 0.2) is 88.9 Å². The Labute approximate surface area is 203 Å². The molecule has 4 aromatic rings. The van der Waals surface area contributed by atoms with Gasteiger partial charge in [0.15, 0.2) is 0 Å². The van der Waals surface area contributed by atoms with Crippen LogP contribution < -0.4 is 16.1 Å². The summed E-state index contributed by atoms with van der Waals surface area (Å²) in [6.07, 6.45) is 4.41. The van der Waals surface area contributed by atoms with Gasteiger partial charge in [0.1, 0.15) is 22.6 Å². The van der Waals surface area contributed by atoms with Crippen LogP contribution in [0.25, 0.3) is 10.8 Å². The molecule has 0 unspecified atom stereocenters. The smallest absolute Gasteiger partial charge is 0.257 e. The van der Waals surface area contributed by atoms with Crippen LogP contribution in [0.2, 0.25) is 0 Å². The topological polar surface area (TPSA) is 93.3 Å². The second-order valence-electron chi connectivity index (χ2n) is 8.36. The highest BCUT2D eigenvalue weighted by Crippen LogP contribution is 2.24. The van der Waals surface area contributed by atoms with Crippen LogP contribution in [0.4, 0.5) is 0 Å². The molecule has 35 heavy (non-hydrogen) atoms. The molecule has 2 aromatic carbocycles. The first-order chi connectivity index (χ1) is 16.9. The third kappa shape index (κ3) is 5.24. The predicted molar refractivity (Wildman–Crippen MR) is 136 cm³/mol. The van der Waals surface area contributed by atoms with Gasteiger partial charge in [-0.05, 0) is 42.3 Å². The van der Waals surface area contributed by atoms with Crippen molar-refractivity contribution >= 4 is 22.6 Å². The molecule has 1 atom stereocenters. The van der Waals surface area contributed by atoms with Crippen LogP contribution in [0, 0.1) is 6.92 Å². The highest BCUT2D eigenvalue weighted by atomic mass is 16.3. The van der Waals surface area contributed by atoms with Crippen molar-refractivity contribution in [1.29, 1.82) is 0 Å². The Hall–Kier alpha value is -4.39. The van der Waals surface area contributed by atoms with Crippen molar-refractivity contribution in [2.75, 3.05) is 6.54 Å². The van der Waals surface area contributed by atoms with Gasteiger partial charge < -0.3 is 19.6 Å². The summed E-state index contributed by atoms with van der Waals surface area (Å²) in [7, 11) is 0. The van der Waals surface area contributed by atoms with Gasteiger partial charge in [-0.15, -0.1) is 6.58 Å². The highest BCUT2D eigenvalue weighted by Gasteiger charge is 2.21. The molecule has 0 spiro atoms. The number of pyridine rings is 1. The molecule has 2 aromatic heterocycles. The third-order valence-electron chi connectivity index (χ3n) is 5.75. The molecule has 0 radical (unpaired) electrons. The summed E-state index contributed by atoms with van der Waals surface area (Å²) in [4.78, 5) is 39.1. The van der Waals surface area contributed by atoms with E-state index in [1.807, 2.05) is 68.4 Å². The van der Waals surface area contributed by atoms with Gasteiger partial charge in [0, 0.05) is 18.9 Å². The number of amides is 2. The molecular weight excluding hydrogens is 442 g/mol. The van der Waals surface area contributed by atoms with E-state index in [4.69, 9.17) is 4.42 Å². The molecule has 2 N–H and O–H groups in total. The lowest BCUT2D eigenvalue weighted by Gasteiger charge is -2.17. The molecule has 2 heterocycles. The maximum absolute atomic E-state index is 13.3. The fourth-order valence-corrected chi connectivity index (χ4v) is 4.04. The van der Waals surface area contributed by atoms with Crippen LogP contribution >= 0.6 is 0 Å². The zero-order valence-corrected chi connectivity index (χ0v) is 19.7. The largest absolute Gasteiger partial charge is 0.464 e. The SMILES string of the molecule is C=CCNC(=O)c1cn(Cc2ccc(C)o2)cc(C(=O)N[C@H](C)c2cccc3ccccc23)c1=O. The van der Waals surface area contributed by atoms with Gasteiger partial charge in [-0.1, -0.05) is 48.5 Å². The molecule has 178 valence electrons. The normalized spacial score (nSPS) is 11.7. The molecule has 0 bridgehead atoms. The van der Waals surface area contributed by atoms with E-state index < -0.39 is 17.2 Å². The molecule has 0 saturated carbocycles. The van der Waals surface area contributed by atoms with E-state index >= 15 is 0 Å². The average molecular weight is 470 g/mol. The van der Waals surface area contributed by atoms with Crippen molar-refractivity contribution in [2.45, 2.75) is 26.4 Å². The number of aryl methyl sites for hydroxylation is 1. The number of carbonyl (C=O) groups is 2. The molecule has 4 rings (SSSR count). The number of rotatable bonds is 8. The van der Waals surface area contributed by atoms with E-state index in [1.165, 1.54) is 18.5 Å². The second-order valence-corrected chi connectivity index (χ2v) is 8.36. The first-order valence-electron chi connectivity index (χ1n) is 11.3. The van der Waals surface area contributed by atoms with Gasteiger partial charge in [-0.3, -0.25) is 14.4 Å². The van der Waals surface area contributed by atoms with Crippen molar-refractivity contribution in [3.63, 3.8) is 0 Å². The Morgan fingerprint density at radius 3 is 2.46 bits per heavy atom. The molecule has 7 nitrogen and oxygen atoms in total. The first kappa shape index (κ1) is 23.8. The summed E-state index contributed by atoms with van der Waals surface area (Å²) < 4.78 is 7.24. The van der Waals surface area contributed by atoms with Crippen molar-refractivity contribution < 1.29 is 14.0 Å². The predicted octanol–water partition coefficient (Wildman–Crippen LogP) is 4.36. The number of furan rings is 1. The summed E-state index contributed by atoms with van der Waals surface area (Å²) in [6, 6.07) is 17.1. The second kappa shape index (κ2) is 10.3. The monoisotopic (exact) mass is 469 g/mol. The number of nitrogens with zero attached hydrogens (tertiary/aromatic N) is 1. The zero-order chi connectivity index (χ0) is 24.9. The number of hydrogen-bond acceptors (Lipinski definition) is 4. The minimum absolute atomic E-state index is 0.119. The van der Waals surface area contributed by atoms with Crippen LogP contribution in [0.3, 0.4) is 0 Å². The Morgan fingerprint density at radius 2 is 1.74 bits per heavy atom. The number of aromatic nitrogens is 1. The average Bonchev–Trinajstić information content (AvgIpc) is 3.27. The van der Waals surface area contributed by atoms with Crippen molar-refractivity contribution in [2.24, 2.45) is 0 Å². The summed E-state index contributed by atoms with van der Waals surface area (Å²) >= 11 is 0. The minimum atomic E-state index is -0.638. The number of nitrogens with one attached hydrogen (secondary N) is 2. The standard InChI is InChI=1S/C28H27N3O4/c1-4-14-29-27(33)24-16-31(15-21-13-12-18(2)35-21)17-25(26(24)32)28(34)30-19(3)22-11-7-9-20-8-5-6-10-23(20)22/h4-13,16-17,19H,1,14-15H2,2-3H3,(H,29,33)(H,30,34)/t19-/m1/s1. The van der Waals surface area contributed by atoms with Crippen molar-refractivity contribution in [3.8, 4) is 0 Å². The molecule has 0 aliphatic carbocycles. The summed E-state index contributed by atoms with van der Waals surface area (Å²) in [5, 5.41) is 7.62. The quantitative estimate of drug-likeness (QED) is 0.375. The van der Waals surface area contributed by atoms with Gasteiger partial charge in [0.2, 0.25) is 5.43 Å². The Bertz CT molecular complexity index is 1460. The van der Waals surface area contributed by atoms with E-state index in [0.717, 1.165) is 22.1 Å². The van der Waals surface area contributed by atoms with E-state index in [0.29, 0.717) is 5.76 Å². The number of fused-ring (bicyclic) bond motifs is 1. The van der Waals surface area contributed by atoms with E-state index in [1.54, 1.807) is 4.57 Å². The van der Waals surface area contributed by atoms with Crippen molar-refractivity contribution in [3.05, 3.63) is 118 Å². The fraction of sp³-hybridized carbons (Fsp3) is 0.179. The molecule has 0 aliphatic heterocycles. The summed E-state index contributed by atoms with van der Waals surface area (Å²) in [5.41, 5.74) is 0.0518. The van der Waals surface area contributed by atoms with Crippen LogP contribution in [-0.2, 0) is 6.54 Å². The third-order valence-corrected chi connectivity index (χ3v) is 5.75. The minimum Gasteiger partial charge on any atom is -0.464 e. The molecule has 0 fully saturated rings. The molecule has 2 amide bonds. The van der Waals surface area contributed by atoms with Crippen molar-refractivity contribution in [1.82, 2.24) is 15.2 Å². The highest BCUT2D eigenvalue weighted by molar-refractivity contribution is 5.99. The van der Waals surface area contributed by atoms with E-state index in [2.05, 4.69) is 17.2 Å². The van der Waals surface area contributed by atoms with Gasteiger partial charge in [0.25, 0.3) is 11.8 Å². The lowest BCUT2D eigenvalue weighted by Crippen LogP contribution is -2.36. The Balaban J connectivity index is 1.68. The number of carbonyl (C=O) groups excluding carboxylic acids is 2. The number of benzene rings is 2. The summed E-state index contributed by atoms with van der Waals surface area (Å²) in [6.45, 7) is 7.73. The van der Waals surface area contributed by atoms with Gasteiger partial charge in [0.05, 0.1) is 12.6 Å². The van der Waals surface area contributed by atoms with Crippen LogP contribution in [0.5, 0.6) is 0 Å². The van der Waals surface area contributed by atoms with Crippen LogP contribution in [-0.4, -0.2) is 22.9 Å². The fourth-order valence-electron chi connectivity index (χ4n) is 4.04.